The summed E-state index contributed by atoms with van der Waals surface area (Å²) in [7, 11) is 1.67. The fourth-order valence-corrected chi connectivity index (χ4v) is 5.18. The molecule has 170 valence electrons. The van der Waals surface area contributed by atoms with Crippen LogP contribution in [0.2, 0.25) is 5.02 Å². The molecule has 0 amide bonds. The molecule has 0 fully saturated rings. The molecule has 8 heteroatoms. The maximum atomic E-state index is 6.65. The summed E-state index contributed by atoms with van der Waals surface area (Å²) < 4.78 is 13.9. The molecule has 0 spiro atoms. The number of methoxy groups -OCH3 is 1. The van der Waals surface area contributed by atoms with E-state index in [2.05, 4.69) is 58.1 Å². The molecule has 0 saturated carbocycles. The Morgan fingerprint density at radius 1 is 1.03 bits per heavy atom. The maximum Gasteiger partial charge on any atom is 0.226 e. The lowest BCUT2D eigenvalue weighted by molar-refractivity contribution is 0.223. The molecule has 6 nitrogen and oxygen atoms in total. The van der Waals surface area contributed by atoms with Crippen LogP contribution in [0.4, 0.5) is 5.95 Å². The lowest BCUT2D eigenvalue weighted by atomic mass is 9.84. The van der Waals surface area contributed by atoms with E-state index in [9.17, 15) is 0 Å². The second kappa shape index (κ2) is 8.42. The first-order valence-electron chi connectivity index (χ1n) is 10.8. The Morgan fingerprint density at radius 3 is 2.53 bits per heavy atom. The zero-order valence-corrected chi connectivity index (χ0v) is 20.1. The summed E-state index contributed by atoms with van der Waals surface area (Å²) in [5.74, 6) is 2.24. The van der Waals surface area contributed by atoms with E-state index in [4.69, 9.17) is 21.1 Å². The summed E-state index contributed by atoms with van der Waals surface area (Å²) in [5.41, 5.74) is 5.03. The highest BCUT2D eigenvalue weighted by Gasteiger charge is 2.41. The van der Waals surface area contributed by atoms with Crippen LogP contribution in [0, 0.1) is 0 Å². The molecule has 2 aliphatic rings. The zero-order valence-electron chi connectivity index (χ0n) is 18.5. The van der Waals surface area contributed by atoms with E-state index in [0.717, 1.165) is 39.5 Å². The number of benzene rings is 3. The summed E-state index contributed by atoms with van der Waals surface area (Å²) in [6.07, 6.45) is 3.32. The minimum Gasteiger partial charge on any atom is -0.497 e. The highest BCUT2D eigenvalue weighted by atomic mass is 35.5. The third-order valence-corrected chi connectivity index (χ3v) is 7.20. The lowest BCUT2D eigenvalue weighted by Crippen LogP contribution is -2.32. The molecular weight excluding hydrogens is 468 g/mol. The fourth-order valence-electron chi connectivity index (χ4n) is 4.60. The van der Waals surface area contributed by atoms with E-state index in [-0.39, 0.29) is 12.1 Å². The summed E-state index contributed by atoms with van der Waals surface area (Å²) in [6.45, 7) is 0. The molecule has 2 aliphatic heterocycles. The normalized spacial score (nSPS) is 18.3. The van der Waals surface area contributed by atoms with Crippen molar-refractivity contribution in [1.29, 1.82) is 0 Å². The van der Waals surface area contributed by atoms with Gasteiger partial charge in [0, 0.05) is 21.1 Å². The third-order valence-electron chi connectivity index (χ3n) is 6.23. The van der Waals surface area contributed by atoms with Gasteiger partial charge in [-0.25, -0.2) is 4.68 Å². The second-order valence-electron chi connectivity index (χ2n) is 8.07. The number of aromatic nitrogens is 3. The van der Waals surface area contributed by atoms with Gasteiger partial charge in [0.05, 0.1) is 12.8 Å². The minimum atomic E-state index is -0.323. The first-order valence-corrected chi connectivity index (χ1v) is 12.4. The van der Waals surface area contributed by atoms with Crippen LogP contribution in [0.3, 0.4) is 0 Å². The molecule has 6 rings (SSSR count). The van der Waals surface area contributed by atoms with Gasteiger partial charge in [0.25, 0.3) is 0 Å². The Labute approximate surface area is 206 Å². The molecule has 3 heterocycles. The van der Waals surface area contributed by atoms with Crippen molar-refractivity contribution in [3.63, 3.8) is 0 Å². The van der Waals surface area contributed by atoms with Gasteiger partial charge < -0.3 is 14.8 Å². The van der Waals surface area contributed by atoms with Crippen molar-refractivity contribution in [2.75, 3.05) is 18.7 Å². The number of rotatable bonds is 4. The molecule has 1 aromatic heterocycles. The van der Waals surface area contributed by atoms with Gasteiger partial charge in [0.15, 0.2) is 0 Å². The molecule has 0 aliphatic carbocycles. The number of halogens is 1. The van der Waals surface area contributed by atoms with E-state index in [1.165, 1.54) is 4.90 Å². The van der Waals surface area contributed by atoms with Crippen molar-refractivity contribution in [3.05, 3.63) is 100 Å². The van der Waals surface area contributed by atoms with Crippen molar-refractivity contribution in [2.45, 2.75) is 17.0 Å². The van der Waals surface area contributed by atoms with Crippen molar-refractivity contribution >= 4 is 35.0 Å². The van der Waals surface area contributed by atoms with Crippen LogP contribution in [0.5, 0.6) is 11.5 Å². The van der Waals surface area contributed by atoms with E-state index in [1.807, 2.05) is 35.0 Å². The van der Waals surface area contributed by atoms with Gasteiger partial charge in [0.1, 0.15) is 30.0 Å². The van der Waals surface area contributed by atoms with Gasteiger partial charge in [-0.1, -0.05) is 35.9 Å². The Morgan fingerprint density at radius 2 is 1.79 bits per heavy atom. The van der Waals surface area contributed by atoms with E-state index < -0.39 is 0 Å². The van der Waals surface area contributed by atoms with Gasteiger partial charge in [0.2, 0.25) is 5.95 Å². The summed E-state index contributed by atoms with van der Waals surface area (Å²) in [6, 6.07) is 22.0. The minimum absolute atomic E-state index is 0.225. The average Bonchev–Trinajstić information content (AvgIpc) is 3.35. The number of hydrogen-bond acceptors (Lipinski definition) is 6. The van der Waals surface area contributed by atoms with E-state index in [1.54, 1.807) is 25.2 Å². The van der Waals surface area contributed by atoms with Crippen LogP contribution in [0.15, 0.2) is 83.5 Å². The summed E-state index contributed by atoms with van der Waals surface area (Å²) >= 11 is 8.12. The molecule has 1 N–H and O–H groups in total. The maximum absolute atomic E-state index is 6.65. The predicted octanol–water partition coefficient (Wildman–Crippen LogP) is 6.22. The van der Waals surface area contributed by atoms with Crippen LogP contribution in [0.25, 0.3) is 5.70 Å². The van der Waals surface area contributed by atoms with Crippen molar-refractivity contribution in [3.8, 4) is 11.5 Å². The molecule has 0 bridgehead atoms. The topological polar surface area (TPSA) is 61.2 Å². The Hall–Kier alpha value is -3.42. The van der Waals surface area contributed by atoms with Crippen LogP contribution in [-0.2, 0) is 0 Å². The van der Waals surface area contributed by atoms with Gasteiger partial charge >= 0.3 is 0 Å². The number of nitrogens with one attached hydrogen (secondary N) is 1. The molecule has 0 saturated heterocycles. The largest absolute Gasteiger partial charge is 0.497 e. The van der Waals surface area contributed by atoms with E-state index in [0.29, 0.717) is 11.0 Å². The van der Waals surface area contributed by atoms with Crippen LogP contribution < -0.4 is 14.8 Å². The van der Waals surface area contributed by atoms with Gasteiger partial charge in [-0.3, -0.25) is 0 Å². The van der Waals surface area contributed by atoms with Crippen LogP contribution >= 0.6 is 23.4 Å². The number of anilines is 1. The molecule has 2 atom stereocenters. The SMILES string of the molecule is COc1ccc([C@@H]2C3=C(Nc4ncnn42)c2cc(Cl)ccc2O[C@@H]3c2ccc(SC)cc2)cc1. The number of nitrogens with zero attached hydrogens (tertiary/aromatic N) is 3. The van der Waals surface area contributed by atoms with Crippen molar-refractivity contribution in [2.24, 2.45) is 0 Å². The third kappa shape index (κ3) is 3.43. The highest BCUT2D eigenvalue weighted by Crippen LogP contribution is 2.51. The van der Waals surface area contributed by atoms with Gasteiger partial charge in [-0.2, -0.15) is 10.1 Å². The molecule has 0 radical (unpaired) electrons. The molecule has 3 aromatic carbocycles. The van der Waals surface area contributed by atoms with Gasteiger partial charge in [-0.15, -0.1) is 11.8 Å². The number of fused-ring (bicyclic) bond motifs is 3. The Bertz CT molecular complexity index is 1400. The Balaban J connectivity index is 1.59. The van der Waals surface area contributed by atoms with E-state index >= 15 is 0 Å². The fraction of sp³-hybridized carbons (Fsp3) is 0.154. The number of hydrogen-bond donors (Lipinski definition) is 1. The average molecular weight is 489 g/mol. The molecular formula is C26H21ClN4O2S. The second-order valence-corrected chi connectivity index (χ2v) is 9.39. The first kappa shape index (κ1) is 21.1. The molecule has 4 aromatic rings. The smallest absolute Gasteiger partial charge is 0.226 e. The quantitative estimate of drug-likeness (QED) is 0.344. The first-order chi connectivity index (χ1) is 16.7. The number of thioether (sulfide) groups is 1. The lowest BCUT2D eigenvalue weighted by Gasteiger charge is -2.39. The number of ether oxygens (including phenoxy) is 2. The standard InChI is InChI=1S/C26H21ClN4O2S/c1-32-18-8-3-15(4-9-18)24-22-23(30-26-28-14-29-31(24)26)20-13-17(27)7-12-21(20)33-25(22)16-5-10-19(34-2)11-6-16/h3-14,24-25H,1-2H3,(H,28,29,30)/t24-,25-/m1/s1. The molecule has 0 unspecified atom stereocenters. The van der Waals surface area contributed by atoms with Crippen molar-refractivity contribution in [1.82, 2.24) is 14.8 Å². The summed E-state index contributed by atoms with van der Waals surface area (Å²) in [5, 5.41) is 8.72. The monoisotopic (exact) mass is 488 g/mol. The highest BCUT2D eigenvalue weighted by molar-refractivity contribution is 7.98. The van der Waals surface area contributed by atoms with Crippen LogP contribution in [0.1, 0.15) is 28.8 Å². The predicted molar refractivity (Wildman–Crippen MR) is 135 cm³/mol. The van der Waals surface area contributed by atoms with Crippen LogP contribution in [-0.4, -0.2) is 28.1 Å². The Kier molecular flexibility index (Phi) is 5.23. The molecule has 34 heavy (non-hydrogen) atoms. The van der Waals surface area contributed by atoms with Crippen molar-refractivity contribution < 1.29 is 9.47 Å². The summed E-state index contributed by atoms with van der Waals surface area (Å²) in [4.78, 5) is 5.68. The zero-order chi connectivity index (χ0) is 23.2. The van der Waals surface area contributed by atoms with Gasteiger partial charge in [-0.05, 0) is 59.8 Å².